The molecule has 0 aliphatic carbocycles. The van der Waals surface area contributed by atoms with E-state index in [0.29, 0.717) is 5.75 Å². The van der Waals surface area contributed by atoms with E-state index in [2.05, 4.69) is 27.1 Å². The molecule has 0 aromatic heterocycles. The predicted molar refractivity (Wildman–Crippen MR) is 101 cm³/mol. The molecule has 0 saturated carbocycles. The van der Waals surface area contributed by atoms with Crippen LogP contribution in [0.25, 0.3) is 0 Å². The summed E-state index contributed by atoms with van der Waals surface area (Å²) in [5.74, 6) is 0.590. The summed E-state index contributed by atoms with van der Waals surface area (Å²) in [7, 11) is 1.54. The number of piperazine rings is 1. The molecular formula is C19H22ClN3O2. The topological polar surface area (TPSA) is 48.3 Å². The number of rotatable bonds is 5. The SMILES string of the molecule is COc1cc(/C=N\N2CCN(Cc3ccc(Cl)cc3)CC2)ccc1O. The molecule has 0 spiro atoms. The van der Waals surface area contributed by atoms with E-state index in [1.165, 1.54) is 12.7 Å². The molecular weight excluding hydrogens is 338 g/mol. The summed E-state index contributed by atoms with van der Waals surface area (Å²) in [5, 5.41) is 17.0. The number of hydrazone groups is 1. The molecule has 1 N–H and O–H groups in total. The Morgan fingerprint density at radius 3 is 2.52 bits per heavy atom. The van der Waals surface area contributed by atoms with Gasteiger partial charge in [-0.2, -0.15) is 5.10 Å². The number of benzene rings is 2. The first-order chi connectivity index (χ1) is 12.1. The van der Waals surface area contributed by atoms with Crippen LogP contribution in [0.3, 0.4) is 0 Å². The van der Waals surface area contributed by atoms with E-state index in [1.807, 2.05) is 18.2 Å². The van der Waals surface area contributed by atoms with Crippen molar-refractivity contribution in [2.45, 2.75) is 6.54 Å². The van der Waals surface area contributed by atoms with Crippen molar-refractivity contribution in [3.8, 4) is 11.5 Å². The second kappa shape index (κ2) is 8.23. The number of hydrogen-bond donors (Lipinski definition) is 1. The van der Waals surface area contributed by atoms with Crippen molar-refractivity contribution < 1.29 is 9.84 Å². The molecule has 2 aromatic rings. The Morgan fingerprint density at radius 2 is 1.84 bits per heavy atom. The van der Waals surface area contributed by atoms with Gasteiger partial charge in [0, 0.05) is 37.7 Å². The van der Waals surface area contributed by atoms with E-state index in [9.17, 15) is 5.11 Å². The van der Waals surface area contributed by atoms with Gasteiger partial charge in [0.25, 0.3) is 0 Å². The largest absolute Gasteiger partial charge is 0.504 e. The third-order valence-corrected chi connectivity index (χ3v) is 4.49. The van der Waals surface area contributed by atoms with Crippen molar-refractivity contribution in [1.82, 2.24) is 9.91 Å². The lowest BCUT2D eigenvalue weighted by atomic mass is 10.2. The number of phenolic OH excluding ortho intramolecular Hbond substituents is 1. The average molecular weight is 360 g/mol. The quantitative estimate of drug-likeness (QED) is 0.833. The van der Waals surface area contributed by atoms with Crippen molar-refractivity contribution in [3.63, 3.8) is 0 Å². The highest BCUT2D eigenvalue weighted by Crippen LogP contribution is 2.25. The molecule has 1 aliphatic heterocycles. The van der Waals surface area contributed by atoms with Gasteiger partial charge in [0.2, 0.25) is 0 Å². The molecule has 1 aliphatic rings. The maximum absolute atomic E-state index is 9.62. The van der Waals surface area contributed by atoms with Gasteiger partial charge in [0.05, 0.1) is 13.3 Å². The van der Waals surface area contributed by atoms with Crippen LogP contribution in [0.4, 0.5) is 0 Å². The molecule has 1 saturated heterocycles. The molecule has 5 nitrogen and oxygen atoms in total. The van der Waals surface area contributed by atoms with E-state index in [0.717, 1.165) is 43.3 Å². The molecule has 25 heavy (non-hydrogen) atoms. The summed E-state index contributed by atoms with van der Waals surface area (Å²) in [4.78, 5) is 2.42. The highest BCUT2D eigenvalue weighted by molar-refractivity contribution is 6.30. The summed E-state index contributed by atoms with van der Waals surface area (Å²) in [6.07, 6.45) is 1.80. The van der Waals surface area contributed by atoms with Gasteiger partial charge in [0.15, 0.2) is 11.5 Å². The number of methoxy groups -OCH3 is 1. The summed E-state index contributed by atoms with van der Waals surface area (Å²) in [5.41, 5.74) is 2.18. The van der Waals surface area contributed by atoms with E-state index >= 15 is 0 Å². The van der Waals surface area contributed by atoms with Crippen LogP contribution in [-0.2, 0) is 6.54 Å². The fraction of sp³-hybridized carbons (Fsp3) is 0.316. The van der Waals surface area contributed by atoms with Crippen molar-refractivity contribution in [3.05, 3.63) is 58.6 Å². The van der Waals surface area contributed by atoms with Crippen LogP contribution < -0.4 is 4.74 Å². The molecule has 0 atom stereocenters. The monoisotopic (exact) mass is 359 g/mol. The van der Waals surface area contributed by atoms with Crippen molar-refractivity contribution in [2.75, 3.05) is 33.3 Å². The molecule has 3 rings (SSSR count). The first-order valence-electron chi connectivity index (χ1n) is 8.27. The first-order valence-corrected chi connectivity index (χ1v) is 8.64. The van der Waals surface area contributed by atoms with Gasteiger partial charge in [-0.1, -0.05) is 23.7 Å². The van der Waals surface area contributed by atoms with Gasteiger partial charge in [0.1, 0.15) is 0 Å². The molecule has 0 unspecified atom stereocenters. The third kappa shape index (κ3) is 4.87. The Balaban J connectivity index is 1.51. The lowest BCUT2D eigenvalue weighted by Crippen LogP contribution is -2.43. The predicted octanol–water partition coefficient (Wildman–Crippen LogP) is 3.21. The van der Waals surface area contributed by atoms with Crippen LogP contribution in [0.15, 0.2) is 47.6 Å². The number of aromatic hydroxyl groups is 1. The highest BCUT2D eigenvalue weighted by Gasteiger charge is 2.15. The zero-order valence-electron chi connectivity index (χ0n) is 14.2. The minimum Gasteiger partial charge on any atom is -0.504 e. The average Bonchev–Trinajstić information content (AvgIpc) is 2.64. The van der Waals surface area contributed by atoms with E-state index < -0.39 is 0 Å². The van der Waals surface area contributed by atoms with Crippen molar-refractivity contribution in [1.29, 1.82) is 0 Å². The highest BCUT2D eigenvalue weighted by atomic mass is 35.5. The lowest BCUT2D eigenvalue weighted by Gasteiger charge is -2.33. The third-order valence-electron chi connectivity index (χ3n) is 4.24. The summed E-state index contributed by atoms with van der Waals surface area (Å²) in [6, 6.07) is 13.2. The number of nitrogens with zero attached hydrogens (tertiary/aromatic N) is 3. The molecule has 0 amide bonds. The fourth-order valence-corrected chi connectivity index (χ4v) is 2.91. The zero-order valence-corrected chi connectivity index (χ0v) is 15.0. The van der Waals surface area contributed by atoms with Crippen LogP contribution in [0.2, 0.25) is 5.02 Å². The molecule has 0 radical (unpaired) electrons. The molecule has 0 bridgehead atoms. The zero-order chi connectivity index (χ0) is 17.6. The van der Waals surface area contributed by atoms with Gasteiger partial charge >= 0.3 is 0 Å². The van der Waals surface area contributed by atoms with Crippen LogP contribution >= 0.6 is 11.6 Å². The minimum atomic E-state index is 0.135. The standard InChI is InChI=1S/C19H22ClN3O2/c1-25-19-12-16(4-7-18(19)24)13-21-23-10-8-22(9-11-23)14-15-2-5-17(20)6-3-15/h2-7,12-13,24H,8-11,14H2,1H3/b21-13-. The van der Waals surface area contributed by atoms with Crippen LogP contribution in [0, 0.1) is 0 Å². The number of ether oxygens (including phenoxy) is 1. The molecule has 6 heteroatoms. The number of halogens is 1. The molecule has 132 valence electrons. The molecule has 1 fully saturated rings. The number of hydrogen-bond acceptors (Lipinski definition) is 5. The van der Waals surface area contributed by atoms with Crippen molar-refractivity contribution >= 4 is 17.8 Å². The number of phenols is 1. The molecule has 1 heterocycles. The normalized spacial score (nSPS) is 15.7. The Hall–Kier alpha value is -2.24. The van der Waals surface area contributed by atoms with Gasteiger partial charge in [-0.25, -0.2) is 0 Å². The summed E-state index contributed by atoms with van der Waals surface area (Å²) < 4.78 is 5.12. The van der Waals surface area contributed by atoms with Gasteiger partial charge < -0.3 is 9.84 Å². The van der Waals surface area contributed by atoms with Gasteiger partial charge in [-0.15, -0.1) is 0 Å². The van der Waals surface area contributed by atoms with Gasteiger partial charge in [-0.3, -0.25) is 9.91 Å². The summed E-state index contributed by atoms with van der Waals surface area (Å²) in [6.45, 7) is 4.65. The lowest BCUT2D eigenvalue weighted by molar-refractivity contribution is 0.131. The van der Waals surface area contributed by atoms with Crippen LogP contribution in [0.1, 0.15) is 11.1 Å². The molecule has 2 aromatic carbocycles. The summed E-state index contributed by atoms with van der Waals surface area (Å²) >= 11 is 5.93. The second-order valence-corrected chi connectivity index (χ2v) is 6.47. The smallest absolute Gasteiger partial charge is 0.161 e. The van der Waals surface area contributed by atoms with E-state index in [1.54, 1.807) is 18.3 Å². The fourth-order valence-electron chi connectivity index (χ4n) is 2.78. The van der Waals surface area contributed by atoms with Crippen LogP contribution in [0.5, 0.6) is 11.5 Å². The Kier molecular flexibility index (Phi) is 5.79. The van der Waals surface area contributed by atoms with E-state index in [4.69, 9.17) is 16.3 Å². The van der Waals surface area contributed by atoms with Crippen LogP contribution in [-0.4, -0.2) is 54.5 Å². The first kappa shape index (κ1) is 17.6. The second-order valence-electron chi connectivity index (χ2n) is 6.03. The Morgan fingerprint density at radius 1 is 1.12 bits per heavy atom. The van der Waals surface area contributed by atoms with Crippen molar-refractivity contribution in [2.24, 2.45) is 5.10 Å². The minimum absolute atomic E-state index is 0.135. The van der Waals surface area contributed by atoms with E-state index in [-0.39, 0.29) is 5.75 Å². The maximum atomic E-state index is 9.62. The van der Waals surface area contributed by atoms with Gasteiger partial charge in [-0.05, 0) is 41.5 Å². The maximum Gasteiger partial charge on any atom is 0.161 e. The Bertz CT molecular complexity index is 726. The Labute approximate surface area is 153 Å².